The van der Waals surface area contributed by atoms with Crippen molar-refractivity contribution < 1.29 is 0 Å². The summed E-state index contributed by atoms with van der Waals surface area (Å²) in [7, 11) is 0. The summed E-state index contributed by atoms with van der Waals surface area (Å²) in [5.41, 5.74) is 1.27. The van der Waals surface area contributed by atoms with Crippen LogP contribution in [0.15, 0.2) is 24.3 Å². The number of benzene rings is 1. The number of aromatic nitrogens is 2. The van der Waals surface area contributed by atoms with Crippen LogP contribution < -0.4 is 5.32 Å². The van der Waals surface area contributed by atoms with E-state index < -0.39 is 0 Å². The summed E-state index contributed by atoms with van der Waals surface area (Å²) >= 11 is 7.93. The maximum atomic E-state index is 6.25. The third-order valence-electron chi connectivity index (χ3n) is 3.86. The van der Waals surface area contributed by atoms with Gasteiger partial charge < -0.3 is 5.32 Å². The third kappa shape index (κ3) is 3.55. The van der Waals surface area contributed by atoms with Crippen LogP contribution in [0.3, 0.4) is 0 Å². The molecule has 5 heteroatoms. The minimum atomic E-state index is 0.492. The minimum absolute atomic E-state index is 0.492. The van der Waals surface area contributed by atoms with Gasteiger partial charge in [-0.15, -0.1) is 10.2 Å². The second-order valence-corrected chi connectivity index (χ2v) is 7.60. The van der Waals surface area contributed by atoms with Crippen molar-refractivity contribution in [2.75, 3.05) is 5.32 Å². The van der Waals surface area contributed by atoms with Gasteiger partial charge in [-0.05, 0) is 36.3 Å². The second kappa shape index (κ2) is 6.32. The van der Waals surface area contributed by atoms with Crippen LogP contribution in [-0.4, -0.2) is 16.2 Å². The predicted octanol–water partition coefficient (Wildman–Crippen LogP) is 4.75. The Balaban J connectivity index is 1.53. The highest BCUT2D eigenvalue weighted by Gasteiger charge is 2.32. The Kier molecular flexibility index (Phi) is 4.45. The molecule has 0 unspecified atom stereocenters. The molecule has 0 aliphatic heterocycles. The van der Waals surface area contributed by atoms with Gasteiger partial charge >= 0.3 is 0 Å². The highest BCUT2D eigenvalue weighted by Crippen LogP contribution is 2.41. The number of nitrogens with one attached hydrogen (secondary N) is 1. The molecular weight excluding hydrogens is 302 g/mol. The van der Waals surface area contributed by atoms with Crippen LogP contribution in [0.5, 0.6) is 0 Å². The maximum absolute atomic E-state index is 6.25. The summed E-state index contributed by atoms with van der Waals surface area (Å²) in [6, 6.07) is 8.64. The van der Waals surface area contributed by atoms with E-state index >= 15 is 0 Å². The predicted molar refractivity (Wildman–Crippen MR) is 89.3 cm³/mol. The molecule has 3 nitrogen and oxygen atoms in total. The Bertz CT molecular complexity index is 605. The number of hydrogen-bond acceptors (Lipinski definition) is 4. The molecule has 1 N–H and O–H groups in total. The van der Waals surface area contributed by atoms with Crippen molar-refractivity contribution in [2.45, 2.75) is 45.1 Å². The Hall–Kier alpha value is -1.13. The highest BCUT2D eigenvalue weighted by atomic mass is 35.5. The summed E-state index contributed by atoms with van der Waals surface area (Å²) in [6.07, 6.45) is 3.23. The largest absolute Gasteiger partial charge is 0.357 e. The normalized spacial score (nSPS) is 21.3. The summed E-state index contributed by atoms with van der Waals surface area (Å²) < 4.78 is 0. The van der Waals surface area contributed by atoms with Crippen molar-refractivity contribution in [3.8, 4) is 0 Å². The van der Waals surface area contributed by atoms with Crippen LogP contribution in [0.2, 0.25) is 5.02 Å². The van der Waals surface area contributed by atoms with E-state index in [9.17, 15) is 0 Å². The molecular formula is C16H20ClN3S. The second-order valence-electron chi connectivity index (χ2n) is 6.13. The van der Waals surface area contributed by atoms with Gasteiger partial charge in [0.1, 0.15) is 5.01 Å². The van der Waals surface area contributed by atoms with Gasteiger partial charge in [0.05, 0.1) is 0 Å². The van der Waals surface area contributed by atoms with E-state index in [2.05, 4.69) is 41.5 Å². The molecule has 0 saturated heterocycles. The van der Waals surface area contributed by atoms with Gasteiger partial charge in [-0.1, -0.05) is 55.0 Å². The molecule has 0 amide bonds. The summed E-state index contributed by atoms with van der Waals surface area (Å²) in [4.78, 5) is 0. The average molecular weight is 322 g/mol. The van der Waals surface area contributed by atoms with Gasteiger partial charge in [-0.3, -0.25) is 0 Å². The van der Waals surface area contributed by atoms with Crippen LogP contribution in [0.1, 0.15) is 43.2 Å². The topological polar surface area (TPSA) is 37.8 Å². The van der Waals surface area contributed by atoms with Crippen LogP contribution >= 0.6 is 22.9 Å². The van der Waals surface area contributed by atoms with Gasteiger partial charge in [0.15, 0.2) is 0 Å². The molecule has 112 valence electrons. The first-order valence-corrected chi connectivity index (χ1v) is 8.64. The smallest absolute Gasteiger partial charge is 0.205 e. The third-order valence-corrected chi connectivity index (χ3v) is 5.08. The highest BCUT2D eigenvalue weighted by molar-refractivity contribution is 7.15. The molecule has 1 aromatic carbocycles. The maximum Gasteiger partial charge on any atom is 0.205 e. The first kappa shape index (κ1) is 14.8. The lowest BCUT2D eigenvalue weighted by Crippen LogP contribution is -2.34. The molecule has 0 radical (unpaired) electrons. The number of rotatable bonds is 5. The Morgan fingerprint density at radius 2 is 2.05 bits per heavy atom. The van der Waals surface area contributed by atoms with Crippen molar-refractivity contribution >= 4 is 28.1 Å². The van der Waals surface area contributed by atoms with Crippen molar-refractivity contribution in [2.24, 2.45) is 5.92 Å². The molecule has 21 heavy (non-hydrogen) atoms. The van der Waals surface area contributed by atoms with Crippen LogP contribution in [0.4, 0.5) is 5.13 Å². The van der Waals surface area contributed by atoms with E-state index in [-0.39, 0.29) is 0 Å². The molecule has 1 heterocycles. The van der Waals surface area contributed by atoms with E-state index in [0.717, 1.165) is 34.4 Å². The molecule has 0 spiro atoms. The van der Waals surface area contributed by atoms with Gasteiger partial charge in [0.25, 0.3) is 0 Å². The summed E-state index contributed by atoms with van der Waals surface area (Å²) in [5.74, 6) is 1.19. The minimum Gasteiger partial charge on any atom is -0.357 e. The first-order valence-electron chi connectivity index (χ1n) is 7.45. The molecule has 1 fully saturated rings. The van der Waals surface area contributed by atoms with Crippen molar-refractivity contribution in [3.05, 3.63) is 39.9 Å². The summed E-state index contributed by atoms with van der Waals surface area (Å²) in [6.45, 7) is 4.41. The molecule has 3 rings (SSSR count). The van der Waals surface area contributed by atoms with E-state index in [1.807, 2.05) is 12.1 Å². The van der Waals surface area contributed by atoms with E-state index in [1.165, 1.54) is 5.56 Å². The molecule has 0 bridgehead atoms. The molecule has 1 aliphatic rings. The first-order chi connectivity index (χ1) is 10.1. The fourth-order valence-electron chi connectivity index (χ4n) is 2.71. The monoisotopic (exact) mass is 321 g/mol. The summed E-state index contributed by atoms with van der Waals surface area (Å²) in [5, 5.41) is 14.9. The molecule has 1 saturated carbocycles. The van der Waals surface area contributed by atoms with Crippen LogP contribution in [-0.2, 0) is 6.42 Å². The van der Waals surface area contributed by atoms with E-state index in [4.69, 9.17) is 11.6 Å². The fourth-order valence-corrected chi connectivity index (χ4v) is 4.03. The zero-order chi connectivity index (χ0) is 14.8. The number of nitrogens with zero attached hydrogens (tertiary/aromatic N) is 2. The molecule has 2 aromatic rings. The van der Waals surface area contributed by atoms with Crippen molar-refractivity contribution in [1.82, 2.24) is 10.2 Å². The van der Waals surface area contributed by atoms with Crippen LogP contribution in [0, 0.1) is 5.92 Å². The van der Waals surface area contributed by atoms with Gasteiger partial charge in [-0.25, -0.2) is 0 Å². The fraction of sp³-hybridized carbons (Fsp3) is 0.500. The molecule has 1 aliphatic carbocycles. The quantitative estimate of drug-likeness (QED) is 0.863. The van der Waals surface area contributed by atoms with Gasteiger partial charge in [-0.2, -0.15) is 0 Å². The standard InChI is InChI=1S/C16H20ClN3S/c1-10(2)7-15-19-20-16(21-15)18-12-8-11(9-12)13-5-3-4-6-14(13)17/h3-6,10-12H,7-9H2,1-2H3,(H,18,20). The Morgan fingerprint density at radius 3 is 2.76 bits per heavy atom. The molecule has 0 atom stereocenters. The zero-order valence-corrected chi connectivity index (χ0v) is 13.9. The average Bonchev–Trinajstić information content (AvgIpc) is 2.81. The molecule has 1 aromatic heterocycles. The zero-order valence-electron chi connectivity index (χ0n) is 12.3. The lowest BCUT2D eigenvalue weighted by atomic mass is 9.76. The van der Waals surface area contributed by atoms with Crippen molar-refractivity contribution in [1.29, 1.82) is 0 Å². The number of halogens is 1. The van der Waals surface area contributed by atoms with Gasteiger partial charge in [0, 0.05) is 17.5 Å². The Morgan fingerprint density at radius 1 is 1.29 bits per heavy atom. The number of anilines is 1. The van der Waals surface area contributed by atoms with E-state index in [0.29, 0.717) is 17.9 Å². The Labute approximate surface area is 134 Å². The number of hydrogen-bond donors (Lipinski definition) is 1. The van der Waals surface area contributed by atoms with Crippen LogP contribution in [0.25, 0.3) is 0 Å². The van der Waals surface area contributed by atoms with Gasteiger partial charge in [0.2, 0.25) is 5.13 Å². The van der Waals surface area contributed by atoms with Crippen molar-refractivity contribution in [3.63, 3.8) is 0 Å². The lowest BCUT2D eigenvalue weighted by Gasteiger charge is -2.36. The van der Waals surface area contributed by atoms with E-state index in [1.54, 1.807) is 11.3 Å². The lowest BCUT2D eigenvalue weighted by molar-refractivity contribution is 0.374. The SMILES string of the molecule is CC(C)Cc1nnc(NC2CC(c3ccccc3Cl)C2)s1.